The molecular formula is C15H13N5O2. The number of carbonyl (C=O) groups excluding carboxylic acids is 1. The summed E-state index contributed by atoms with van der Waals surface area (Å²) in [6, 6.07) is 14.2. The monoisotopic (exact) mass is 295 g/mol. The SMILES string of the molecule is COc1ccc(-n2cnnn2)c(NC(=O)c2ccccc2)c1. The van der Waals surface area contributed by atoms with E-state index >= 15 is 0 Å². The van der Waals surface area contributed by atoms with Crippen molar-refractivity contribution in [1.82, 2.24) is 20.2 Å². The molecule has 3 aromatic rings. The van der Waals surface area contributed by atoms with Crippen molar-refractivity contribution in [2.24, 2.45) is 0 Å². The van der Waals surface area contributed by atoms with Gasteiger partial charge in [-0.2, -0.15) is 4.68 Å². The number of benzene rings is 2. The van der Waals surface area contributed by atoms with Crippen LogP contribution >= 0.6 is 0 Å². The van der Waals surface area contributed by atoms with Crippen LogP contribution in [0.2, 0.25) is 0 Å². The Morgan fingerprint density at radius 3 is 2.68 bits per heavy atom. The van der Waals surface area contributed by atoms with Crippen LogP contribution in [0.4, 0.5) is 5.69 Å². The Morgan fingerprint density at radius 2 is 2.00 bits per heavy atom. The lowest BCUT2D eigenvalue weighted by Gasteiger charge is -2.12. The van der Waals surface area contributed by atoms with Gasteiger partial charge < -0.3 is 10.1 Å². The molecule has 1 amide bonds. The van der Waals surface area contributed by atoms with Crippen molar-refractivity contribution in [3.05, 3.63) is 60.4 Å². The quantitative estimate of drug-likeness (QED) is 0.795. The zero-order valence-corrected chi connectivity index (χ0v) is 11.8. The molecule has 1 heterocycles. The standard InChI is InChI=1S/C15H13N5O2/c1-22-12-7-8-14(20-10-16-18-19-20)13(9-12)17-15(21)11-5-3-2-4-6-11/h2-10H,1H3,(H,17,21). The van der Waals surface area contributed by atoms with Crippen LogP contribution in [0.15, 0.2) is 54.9 Å². The predicted octanol–water partition coefficient (Wildman–Crippen LogP) is 1.92. The minimum atomic E-state index is -0.219. The molecule has 0 saturated heterocycles. The topological polar surface area (TPSA) is 81.9 Å². The molecule has 1 N–H and O–H groups in total. The van der Waals surface area contributed by atoms with Crippen molar-refractivity contribution >= 4 is 11.6 Å². The van der Waals surface area contributed by atoms with Gasteiger partial charge in [-0.3, -0.25) is 4.79 Å². The number of tetrazole rings is 1. The van der Waals surface area contributed by atoms with Gasteiger partial charge in [-0.1, -0.05) is 18.2 Å². The van der Waals surface area contributed by atoms with Gasteiger partial charge in [0.1, 0.15) is 12.1 Å². The predicted molar refractivity (Wildman–Crippen MR) is 80.1 cm³/mol. The third kappa shape index (κ3) is 2.78. The number of anilines is 1. The Kier molecular flexibility index (Phi) is 3.78. The van der Waals surface area contributed by atoms with Crippen molar-refractivity contribution in [1.29, 1.82) is 0 Å². The van der Waals surface area contributed by atoms with E-state index in [1.807, 2.05) is 18.2 Å². The van der Waals surface area contributed by atoms with E-state index < -0.39 is 0 Å². The number of rotatable bonds is 4. The third-order valence-electron chi connectivity index (χ3n) is 3.08. The zero-order chi connectivity index (χ0) is 15.4. The van der Waals surface area contributed by atoms with Gasteiger partial charge >= 0.3 is 0 Å². The van der Waals surface area contributed by atoms with E-state index in [1.165, 1.54) is 11.0 Å². The van der Waals surface area contributed by atoms with Crippen molar-refractivity contribution < 1.29 is 9.53 Å². The molecule has 0 spiro atoms. The van der Waals surface area contributed by atoms with Crippen LogP contribution in [0.1, 0.15) is 10.4 Å². The van der Waals surface area contributed by atoms with Crippen LogP contribution in [0, 0.1) is 0 Å². The number of amides is 1. The van der Waals surface area contributed by atoms with Crippen molar-refractivity contribution in [3.63, 3.8) is 0 Å². The average molecular weight is 295 g/mol. The van der Waals surface area contributed by atoms with Crippen LogP contribution in [-0.2, 0) is 0 Å². The fourth-order valence-electron chi connectivity index (χ4n) is 2.00. The van der Waals surface area contributed by atoms with Gasteiger partial charge in [-0.05, 0) is 34.7 Å². The summed E-state index contributed by atoms with van der Waals surface area (Å²) in [5.41, 5.74) is 1.77. The lowest BCUT2D eigenvalue weighted by atomic mass is 10.2. The van der Waals surface area contributed by atoms with Crippen molar-refractivity contribution in [3.8, 4) is 11.4 Å². The lowest BCUT2D eigenvalue weighted by Crippen LogP contribution is -2.14. The molecule has 0 atom stereocenters. The van der Waals surface area contributed by atoms with Gasteiger partial charge in [0.25, 0.3) is 5.91 Å². The Morgan fingerprint density at radius 1 is 1.18 bits per heavy atom. The van der Waals surface area contributed by atoms with Crippen molar-refractivity contribution in [2.45, 2.75) is 0 Å². The maximum absolute atomic E-state index is 12.3. The summed E-state index contributed by atoms with van der Waals surface area (Å²) < 4.78 is 6.67. The summed E-state index contributed by atoms with van der Waals surface area (Å²) in [6.45, 7) is 0. The summed E-state index contributed by atoms with van der Waals surface area (Å²) in [7, 11) is 1.56. The molecule has 0 unspecified atom stereocenters. The van der Waals surface area contributed by atoms with E-state index in [2.05, 4.69) is 20.8 Å². The number of hydrogen-bond acceptors (Lipinski definition) is 5. The van der Waals surface area contributed by atoms with E-state index in [4.69, 9.17) is 4.74 Å². The Balaban J connectivity index is 1.96. The molecule has 0 fully saturated rings. The highest BCUT2D eigenvalue weighted by atomic mass is 16.5. The fraction of sp³-hybridized carbons (Fsp3) is 0.0667. The Labute approximate surface area is 126 Å². The van der Waals surface area contributed by atoms with Crippen LogP contribution in [0.25, 0.3) is 5.69 Å². The minimum Gasteiger partial charge on any atom is -0.497 e. The Hall–Kier alpha value is -3.22. The number of nitrogens with zero attached hydrogens (tertiary/aromatic N) is 4. The second-order valence-corrected chi connectivity index (χ2v) is 4.46. The zero-order valence-electron chi connectivity index (χ0n) is 11.8. The number of hydrogen-bond donors (Lipinski definition) is 1. The molecule has 0 aliphatic carbocycles. The number of methoxy groups -OCH3 is 1. The summed E-state index contributed by atoms with van der Waals surface area (Å²) in [6.07, 6.45) is 1.46. The second kappa shape index (κ2) is 6.04. The van der Waals surface area contributed by atoms with Crippen LogP contribution < -0.4 is 10.1 Å². The fourth-order valence-corrected chi connectivity index (χ4v) is 2.00. The van der Waals surface area contributed by atoms with Gasteiger partial charge in [-0.15, -0.1) is 5.10 Å². The molecule has 7 nitrogen and oxygen atoms in total. The number of ether oxygens (including phenoxy) is 1. The van der Waals surface area contributed by atoms with Crippen LogP contribution in [-0.4, -0.2) is 33.2 Å². The summed E-state index contributed by atoms with van der Waals surface area (Å²) >= 11 is 0. The van der Waals surface area contributed by atoms with E-state index in [-0.39, 0.29) is 5.91 Å². The molecule has 0 bridgehead atoms. The highest BCUT2D eigenvalue weighted by molar-refractivity contribution is 6.05. The summed E-state index contributed by atoms with van der Waals surface area (Å²) in [4.78, 5) is 12.3. The molecule has 22 heavy (non-hydrogen) atoms. The number of aromatic nitrogens is 4. The smallest absolute Gasteiger partial charge is 0.255 e. The van der Waals surface area contributed by atoms with Crippen LogP contribution in [0.5, 0.6) is 5.75 Å². The van der Waals surface area contributed by atoms with E-state index in [0.29, 0.717) is 22.7 Å². The molecule has 7 heteroatoms. The molecule has 1 aromatic heterocycles. The molecular weight excluding hydrogens is 282 g/mol. The van der Waals surface area contributed by atoms with Gasteiger partial charge in [0, 0.05) is 11.6 Å². The van der Waals surface area contributed by atoms with E-state index in [1.54, 1.807) is 37.4 Å². The minimum absolute atomic E-state index is 0.219. The van der Waals surface area contributed by atoms with E-state index in [9.17, 15) is 4.79 Å². The van der Waals surface area contributed by atoms with Gasteiger partial charge in [0.2, 0.25) is 0 Å². The average Bonchev–Trinajstić information content (AvgIpc) is 3.10. The molecule has 0 saturated carbocycles. The molecule has 2 aromatic carbocycles. The summed E-state index contributed by atoms with van der Waals surface area (Å²) in [5, 5.41) is 13.9. The first-order valence-corrected chi connectivity index (χ1v) is 6.56. The molecule has 3 rings (SSSR count). The molecule has 0 aliphatic heterocycles. The maximum atomic E-state index is 12.3. The largest absolute Gasteiger partial charge is 0.497 e. The van der Waals surface area contributed by atoms with Gasteiger partial charge in [-0.25, -0.2) is 0 Å². The third-order valence-corrected chi connectivity index (χ3v) is 3.08. The molecule has 0 aliphatic rings. The first-order chi connectivity index (χ1) is 10.8. The first kappa shape index (κ1) is 13.7. The van der Waals surface area contributed by atoms with Gasteiger partial charge in [0.15, 0.2) is 0 Å². The van der Waals surface area contributed by atoms with E-state index in [0.717, 1.165) is 0 Å². The normalized spacial score (nSPS) is 10.2. The maximum Gasteiger partial charge on any atom is 0.255 e. The van der Waals surface area contributed by atoms with Crippen molar-refractivity contribution in [2.75, 3.05) is 12.4 Å². The Bertz CT molecular complexity index is 772. The molecule has 110 valence electrons. The lowest BCUT2D eigenvalue weighted by molar-refractivity contribution is 0.102. The molecule has 0 radical (unpaired) electrons. The summed E-state index contributed by atoms with van der Waals surface area (Å²) in [5.74, 6) is 0.406. The highest BCUT2D eigenvalue weighted by Gasteiger charge is 2.12. The van der Waals surface area contributed by atoms with Gasteiger partial charge in [0.05, 0.1) is 18.5 Å². The first-order valence-electron chi connectivity index (χ1n) is 6.56. The highest BCUT2D eigenvalue weighted by Crippen LogP contribution is 2.25. The second-order valence-electron chi connectivity index (χ2n) is 4.46. The number of carbonyl (C=O) groups is 1. The number of nitrogens with one attached hydrogen (secondary N) is 1. The van der Waals surface area contributed by atoms with Crippen LogP contribution in [0.3, 0.4) is 0 Å².